The highest BCUT2D eigenvalue weighted by molar-refractivity contribution is 6.28. The molecule has 0 saturated heterocycles. The monoisotopic (exact) mass is 627 g/mol. The standard InChI is InChI=1S/C46H33N3/c1-2-14-33(15-3-1)40-29-41(35-22-21-30-11-4-5-16-34(30)27-35)48-46(47-40)36-17-10-18-37(28-36)49-42-25-23-31-12-6-8-19-38(31)44(42)45-39-20-9-7-13-32(39)24-26-43(45)49/h1-28,40-41H,29H2,(H,47,48). The van der Waals surface area contributed by atoms with Crippen molar-refractivity contribution in [3.8, 4) is 5.69 Å². The molecule has 8 aromatic carbocycles. The number of hydrogen-bond donors (Lipinski definition) is 1. The van der Waals surface area contributed by atoms with E-state index < -0.39 is 0 Å². The number of amidine groups is 1. The number of nitrogens with one attached hydrogen (secondary N) is 1. The van der Waals surface area contributed by atoms with Gasteiger partial charge < -0.3 is 9.88 Å². The van der Waals surface area contributed by atoms with Crippen molar-refractivity contribution in [3.05, 3.63) is 187 Å². The maximum absolute atomic E-state index is 5.43. The average Bonchev–Trinajstić information content (AvgIpc) is 3.53. The molecule has 2 heterocycles. The SMILES string of the molecule is c1ccc(C2CC(c3ccc4ccccc4c3)N=C(c3cccc(-n4c5ccc6ccccc6c5c5c6ccccc6ccc54)c3)N2)cc1. The summed E-state index contributed by atoms with van der Waals surface area (Å²) in [4.78, 5) is 5.43. The predicted octanol–water partition coefficient (Wildman–Crippen LogP) is 11.5. The Balaban J connectivity index is 1.16. The van der Waals surface area contributed by atoms with Crippen LogP contribution in [-0.4, -0.2) is 10.4 Å². The van der Waals surface area contributed by atoms with E-state index in [0.717, 1.165) is 23.5 Å². The number of fused-ring (bicyclic) bond motifs is 8. The molecule has 0 bridgehead atoms. The van der Waals surface area contributed by atoms with Crippen LogP contribution < -0.4 is 5.32 Å². The van der Waals surface area contributed by atoms with Crippen molar-refractivity contribution in [2.45, 2.75) is 18.5 Å². The van der Waals surface area contributed by atoms with Crippen LogP contribution in [0.3, 0.4) is 0 Å². The first-order valence-electron chi connectivity index (χ1n) is 17.1. The fourth-order valence-corrected chi connectivity index (χ4v) is 8.00. The largest absolute Gasteiger partial charge is 0.363 e. The van der Waals surface area contributed by atoms with Gasteiger partial charge in [0.25, 0.3) is 0 Å². The van der Waals surface area contributed by atoms with Gasteiger partial charge in [-0.15, -0.1) is 0 Å². The van der Waals surface area contributed by atoms with Gasteiger partial charge in [-0.2, -0.15) is 0 Å². The lowest BCUT2D eigenvalue weighted by Gasteiger charge is -2.31. The lowest BCUT2D eigenvalue weighted by Crippen LogP contribution is -2.35. The Morgan fingerprint density at radius 2 is 1.10 bits per heavy atom. The minimum Gasteiger partial charge on any atom is -0.363 e. The Labute approximate surface area is 284 Å². The van der Waals surface area contributed by atoms with Gasteiger partial charge in [0.1, 0.15) is 5.84 Å². The van der Waals surface area contributed by atoms with E-state index in [4.69, 9.17) is 4.99 Å². The molecule has 0 spiro atoms. The summed E-state index contributed by atoms with van der Waals surface area (Å²) in [5.74, 6) is 0.928. The van der Waals surface area contributed by atoms with Gasteiger partial charge in [-0.05, 0) is 80.2 Å². The van der Waals surface area contributed by atoms with Crippen LogP contribution in [-0.2, 0) is 0 Å². The molecule has 0 aliphatic carbocycles. The van der Waals surface area contributed by atoms with Crippen LogP contribution in [0.4, 0.5) is 0 Å². The highest BCUT2D eigenvalue weighted by Gasteiger charge is 2.27. The van der Waals surface area contributed by atoms with E-state index >= 15 is 0 Å². The molecule has 1 aromatic heterocycles. The van der Waals surface area contributed by atoms with Gasteiger partial charge in [0.05, 0.1) is 23.1 Å². The van der Waals surface area contributed by atoms with E-state index in [0.29, 0.717) is 0 Å². The zero-order valence-electron chi connectivity index (χ0n) is 26.9. The lowest BCUT2D eigenvalue weighted by molar-refractivity contribution is 0.491. The van der Waals surface area contributed by atoms with E-state index in [9.17, 15) is 0 Å². The maximum Gasteiger partial charge on any atom is 0.129 e. The quantitative estimate of drug-likeness (QED) is 0.207. The second kappa shape index (κ2) is 11.2. The second-order valence-corrected chi connectivity index (χ2v) is 13.2. The van der Waals surface area contributed by atoms with E-state index in [-0.39, 0.29) is 12.1 Å². The molecule has 0 fully saturated rings. The Morgan fingerprint density at radius 1 is 0.490 bits per heavy atom. The lowest BCUT2D eigenvalue weighted by atomic mass is 9.91. The molecule has 232 valence electrons. The molecule has 3 heteroatoms. The van der Waals surface area contributed by atoms with Crippen molar-refractivity contribution in [2.24, 2.45) is 4.99 Å². The topological polar surface area (TPSA) is 29.3 Å². The summed E-state index contributed by atoms with van der Waals surface area (Å²) < 4.78 is 2.44. The third kappa shape index (κ3) is 4.62. The molecule has 2 atom stereocenters. The summed E-state index contributed by atoms with van der Waals surface area (Å²) in [6, 6.07) is 61.8. The molecular weight excluding hydrogens is 595 g/mol. The third-order valence-corrected chi connectivity index (χ3v) is 10.3. The van der Waals surface area contributed by atoms with Crippen LogP contribution in [0, 0.1) is 0 Å². The van der Waals surface area contributed by atoms with Gasteiger partial charge in [0, 0.05) is 22.0 Å². The number of hydrogen-bond acceptors (Lipinski definition) is 2. The molecule has 0 amide bonds. The minimum atomic E-state index is 0.0284. The van der Waals surface area contributed by atoms with Crippen molar-refractivity contribution in [1.82, 2.24) is 9.88 Å². The number of nitrogens with zero attached hydrogens (tertiary/aromatic N) is 2. The summed E-state index contributed by atoms with van der Waals surface area (Å²) in [7, 11) is 0. The third-order valence-electron chi connectivity index (χ3n) is 10.3. The van der Waals surface area contributed by atoms with Crippen LogP contribution in [0.15, 0.2) is 175 Å². The van der Waals surface area contributed by atoms with Crippen LogP contribution in [0.5, 0.6) is 0 Å². The zero-order chi connectivity index (χ0) is 32.3. The number of rotatable bonds is 4. The van der Waals surface area contributed by atoms with Crippen molar-refractivity contribution in [3.63, 3.8) is 0 Å². The minimum absolute atomic E-state index is 0.0284. The smallest absolute Gasteiger partial charge is 0.129 e. The summed E-state index contributed by atoms with van der Waals surface area (Å²) in [5, 5.41) is 14.0. The summed E-state index contributed by atoms with van der Waals surface area (Å²) in [5.41, 5.74) is 7.14. The fraction of sp³-hybridized carbons (Fsp3) is 0.0652. The van der Waals surface area contributed by atoms with Crippen LogP contribution in [0.25, 0.3) is 59.8 Å². The van der Waals surface area contributed by atoms with Crippen molar-refractivity contribution in [1.29, 1.82) is 0 Å². The first-order valence-corrected chi connectivity index (χ1v) is 17.1. The van der Waals surface area contributed by atoms with E-state index in [2.05, 4.69) is 180 Å². The summed E-state index contributed by atoms with van der Waals surface area (Å²) >= 11 is 0. The average molecular weight is 628 g/mol. The highest BCUT2D eigenvalue weighted by atomic mass is 15.1. The summed E-state index contributed by atoms with van der Waals surface area (Å²) in [6.45, 7) is 0. The Bertz CT molecular complexity index is 2640. The highest BCUT2D eigenvalue weighted by Crippen LogP contribution is 2.41. The van der Waals surface area contributed by atoms with Gasteiger partial charge in [0.2, 0.25) is 0 Å². The van der Waals surface area contributed by atoms with E-state index in [1.807, 2.05) is 0 Å². The molecule has 49 heavy (non-hydrogen) atoms. The number of aromatic nitrogens is 1. The zero-order valence-corrected chi connectivity index (χ0v) is 26.9. The van der Waals surface area contributed by atoms with Crippen LogP contribution >= 0.6 is 0 Å². The molecule has 0 radical (unpaired) electrons. The van der Waals surface area contributed by atoms with Gasteiger partial charge in [0.15, 0.2) is 0 Å². The van der Waals surface area contributed by atoms with E-state index in [1.165, 1.54) is 65.3 Å². The van der Waals surface area contributed by atoms with Crippen LogP contribution in [0.2, 0.25) is 0 Å². The summed E-state index contributed by atoms with van der Waals surface area (Å²) in [6.07, 6.45) is 0.887. The molecule has 1 aliphatic heterocycles. The fourth-order valence-electron chi connectivity index (χ4n) is 8.00. The maximum atomic E-state index is 5.43. The molecule has 3 nitrogen and oxygen atoms in total. The molecule has 10 rings (SSSR count). The first kappa shape index (κ1) is 27.9. The molecule has 1 aliphatic rings. The van der Waals surface area contributed by atoms with Crippen molar-refractivity contribution >= 4 is 60.0 Å². The molecule has 9 aromatic rings. The molecular formula is C46H33N3. The first-order chi connectivity index (χ1) is 24.3. The van der Waals surface area contributed by atoms with Gasteiger partial charge in [-0.3, -0.25) is 4.99 Å². The Kier molecular flexibility index (Phi) is 6.38. The van der Waals surface area contributed by atoms with Gasteiger partial charge >= 0.3 is 0 Å². The van der Waals surface area contributed by atoms with Crippen molar-refractivity contribution in [2.75, 3.05) is 0 Å². The van der Waals surface area contributed by atoms with Crippen LogP contribution in [0.1, 0.15) is 35.2 Å². The molecule has 1 N–H and O–H groups in total. The second-order valence-electron chi connectivity index (χ2n) is 13.2. The molecule has 2 unspecified atom stereocenters. The van der Waals surface area contributed by atoms with Gasteiger partial charge in [-0.1, -0.05) is 140 Å². The normalized spacial score (nSPS) is 16.4. The Morgan fingerprint density at radius 3 is 1.82 bits per heavy atom. The Hall–Kier alpha value is -6.19. The number of aliphatic imine (C=N–C) groups is 1. The van der Waals surface area contributed by atoms with Gasteiger partial charge in [-0.25, -0.2) is 0 Å². The van der Waals surface area contributed by atoms with Crippen molar-refractivity contribution < 1.29 is 0 Å². The molecule has 0 saturated carbocycles. The predicted molar refractivity (Wildman–Crippen MR) is 206 cm³/mol. The van der Waals surface area contributed by atoms with E-state index in [1.54, 1.807) is 0 Å². The number of benzene rings is 8.